The minimum atomic E-state index is -1.14. The van der Waals surface area contributed by atoms with E-state index >= 15 is 0 Å². The van der Waals surface area contributed by atoms with E-state index in [9.17, 15) is 13.2 Å². The SMILES string of the molecule is Fc1cc(F)c(F)c(CCC2NCCn3cnc(I)c32)c1. The Labute approximate surface area is 133 Å². The van der Waals surface area contributed by atoms with Crippen molar-refractivity contribution in [2.75, 3.05) is 6.54 Å². The maximum atomic E-state index is 13.7. The number of fused-ring (bicyclic) bond motifs is 1. The molecule has 0 saturated heterocycles. The fourth-order valence-corrected chi connectivity index (χ4v) is 3.49. The van der Waals surface area contributed by atoms with Crippen LogP contribution in [0.15, 0.2) is 18.5 Å². The molecule has 1 aliphatic heterocycles. The topological polar surface area (TPSA) is 29.9 Å². The van der Waals surface area contributed by atoms with Crippen LogP contribution in [0.25, 0.3) is 0 Å². The number of rotatable bonds is 3. The van der Waals surface area contributed by atoms with Crippen molar-refractivity contribution in [1.29, 1.82) is 0 Å². The summed E-state index contributed by atoms with van der Waals surface area (Å²) >= 11 is 2.16. The Morgan fingerprint density at radius 2 is 2.14 bits per heavy atom. The van der Waals surface area contributed by atoms with E-state index in [0.717, 1.165) is 28.6 Å². The molecule has 7 heteroatoms. The highest BCUT2D eigenvalue weighted by Crippen LogP contribution is 2.27. The lowest BCUT2D eigenvalue weighted by atomic mass is 10.0. The number of benzene rings is 1. The summed E-state index contributed by atoms with van der Waals surface area (Å²) in [6.07, 6.45) is 2.61. The van der Waals surface area contributed by atoms with Crippen LogP contribution in [0.3, 0.4) is 0 Å². The first-order valence-corrected chi connectivity index (χ1v) is 7.71. The van der Waals surface area contributed by atoms with Crippen LogP contribution in [-0.4, -0.2) is 16.1 Å². The smallest absolute Gasteiger partial charge is 0.162 e. The number of aromatic nitrogens is 2. The fraction of sp³-hybridized carbons (Fsp3) is 0.357. The van der Waals surface area contributed by atoms with Gasteiger partial charge >= 0.3 is 0 Å². The Bertz CT molecular complexity index is 672. The van der Waals surface area contributed by atoms with E-state index < -0.39 is 17.5 Å². The molecule has 1 aromatic heterocycles. The zero-order valence-electron chi connectivity index (χ0n) is 11.0. The third-order valence-corrected chi connectivity index (χ3v) is 4.51. The minimum absolute atomic E-state index is 0.0129. The Hall–Kier alpha value is -1.09. The average molecular weight is 407 g/mol. The van der Waals surface area contributed by atoms with Gasteiger partial charge in [-0.05, 0) is 47.1 Å². The van der Waals surface area contributed by atoms with E-state index in [1.54, 1.807) is 6.33 Å². The van der Waals surface area contributed by atoms with Crippen LogP contribution in [0.1, 0.15) is 23.7 Å². The normalized spacial score (nSPS) is 17.8. The summed E-state index contributed by atoms with van der Waals surface area (Å²) in [5.41, 5.74) is 1.13. The predicted octanol–water partition coefficient (Wildman–Crippen LogP) is 3.18. The second-order valence-electron chi connectivity index (χ2n) is 5.02. The van der Waals surface area contributed by atoms with Gasteiger partial charge < -0.3 is 9.88 Å². The highest BCUT2D eigenvalue weighted by atomic mass is 127. The zero-order chi connectivity index (χ0) is 15.0. The first-order chi connectivity index (χ1) is 10.1. The molecule has 2 aromatic rings. The number of hydrogen-bond acceptors (Lipinski definition) is 2. The molecule has 21 heavy (non-hydrogen) atoms. The Morgan fingerprint density at radius 3 is 2.95 bits per heavy atom. The molecule has 2 heterocycles. The molecule has 0 radical (unpaired) electrons. The van der Waals surface area contributed by atoms with Crippen molar-refractivity contribution in [3.05, 3.63) is 50.9 Å². The van der Waals surface area contributed by atoms with E-state index in [1.165, 1.54) is 0 Å². The molecule has 1 aliphatic rings. The van der Waals surface area contributed by atoms with Gasteiger partial charge in [0.1, 0.15) is 9.52 Å². The third-order valence-electron chi connectivity index (χ3n) is 3.68. The first-order valence-electron chi connectivity index (χ1n) is 6.63. The second kappa shape index (κ2) is 5.96. The summed E-state index contributed by atoms with van der Waals surface area (Å²) in [7, 11) is 0. The molecular weight excluding hydrogens is 394 g/mol. The predicted molar refractivity (Wildman–Crippen MR) is 80.3 cm³/mol. The van der Waals surface area contributed by atoms with Gasteiger partial charge in [0.2, 0.25) is 0 Å². The van der Waals surface area contributed by atoms with E-state index in [0.29, 0.717) is 12.5 Å². The van der Waals surface area contributed by atoms with Gasteiger partial charge in [0.05, 0.1) is 18.1 Å². The molecular formula is C14H13F3IN3. The molecule has 1 unspecified atom stereocenters. The van der Waals surface area contributed by atoms with Crippen LogP contribution < -0.4 is 5.32 Å². The lowest BCUT2D eigenvalue weighted by molar-refractivity contribution is 0.400. The zero-order valence-corrected chi connectivity index (χ0v) is 13.2. The van der Waals surface area contributed by atoms with Crippen LogP contribution in [0, 0.1) is 21.2 Å². The summed E-state index contributed by atoms with van der Waals surface area (Å²) < 4.78 is 43.0. The standard InChI is InChI=1S/C14H13F3IN3/c15-9-5-8(12(17)10(16)6-9)1-2-11-13-14(18)20-7-21(13)4-3-19-11/h5-7,11,19H,1-4H2. The Balaban J connectivity index is 1.79. The lowest BCUT2D eigenvalue weighted by Crippen LogP contribution is -2.33. The van der Waals surface area contributed by atoms with Crippen molar-refractivity contribution in [2.45, 2.75) is 25.4 Å². The third kappa shape index (κ3) is 2.94. The maximum Gasteiger partial charge on any atom is 0.162 e. The van der Waals surface area contributed by atoms with E-state index in [4.69, 9.17) is 0 Å². The summed E-state index contributed by atoms with van der Waals surface area (Å²) in [4.78, 5) is 4.26. The largest absolute Gasteiger partial charge is 0.331 e. The van der Waals surface area contributed by atoms with Gasteiger partial charge in [0, 0.05) is 19.2 Å². The monoisotopic (exact) mass is 407 g/mol. The maximum absolute atomic E-state index is 13.7. The number of nitrogens with one attached hydrogen (secondary N) is 1. The number of nitrogens with zero attached hydrogens (tertiary/aromatic N) is 2. The van der Waals surface area contributed by atoms with Gasteiger partial charge in [0.25, 0.3) is 0 Å². The Morgan fingerprint density at radius 1 is 1.33 bits per heavy atom. The molecule has 3 rings (SSSR count). The van der Waals surface area contributed by atoms with Crippen LogP contribution >= 0.6 is 22.6 Å². The molecule has 1 N–H and O–H groups in total. The van der Waals surface area contributed by atoms with Gasteiger partial charge in [0.15, 0.2) is 11.6 Å². The molecule has 3 nitrogen and oxygen atoms in total. The van der Waals surface area contributed by atoms with Crippen LogP contribution in [0.5, 0.6) is 0 Å². The number of halogens is 4. The van der Waals surface area contributed by atoms with Crippen molar-refractivity contribution in [3.8, 4) is 0 Å². The summed E-state index contributed by atoms with van der Waals surface area (Å²) in [5, 5.41) is 3.35. The quantitative estimate of drug-likeness (QED) is 0.626. The molecule has 112 valence electrons. The highest BCUT2D eigenvalue weighted by Gasteiger charge is 2.24. The van der Waals surface area contributed by atoms with Crippen molar-refractivity contribution in [2.24, 2.45) is 0 Å². The molecule has 0 aliphatic carbocycles. The number of hydrogen-bond donors (Lipinski definition) is 1. The van der Waals surface area contributed by atoms with Crippen LogP contribution in [0.2, 0.25) is 0 Å². The Kier molecular flexibility index (Phi) is 4.21. The summed E-state index contributed by atoms with van der Waals surface area (Å²) in [5.74, 6) is -2.85. The highest BCUT2D eigenvalue weighted by molar-refractivity contribution is 14.1. The van der Waals surface area contributed by atoms with Gasteiger partial charge in [-0.2, -0.15) is 0 Å². The van der Waals surface area contributed by atoms with Gasteiger partial charge in [-0.15, -0.1) is 0 Å². The van der Waals surface area contributed by atoms with Gasteiger partial charge in [-0.3, -0.25) is 0 Å². The van der Waals surface area contributed by atoms with E-state index in [-0.39, 0.29) is 18.0 Å². The number of aryl methyl sites for hydroxylation is 1. The molecule has 0 spiro atoms. The van der Waals surface area contributed by atoms with E-state index in [1.807, 2.05) is 0 Å². The second-order valence-corrected chi connectivity index (χ2v) is 6.04. The van der Waals surface area contributed by atoms with Gasteiger partial charge in [-0.1, -0.05) is 0 Å². The van der Waals surface area contributed by atoms with E-state index in [2.05, 4.69) is 37.5 Å². The number of imidazole rings is 1. The average Bonchev–Trinajstić information content (AvgIpc) is 2.83. The summed E-state index contributed by atoms with van der Waals surface area (Å²) in [6.45, 7) is 1.63. The minimum Gasteiger partial charge on any atom is -0.331 e. The van der Waals surface area contributed by atoms with Gasteiger partial charge in [-0.25, -0.2) is 18.2 Å². The molecule has 1 atom stereocenters. The van der Waals surface area contributed by atoms with Crippen molar-refractivity contribution in [1.82, 2.24) is 14.9 Å². The van der Waals surface area contributed by atoms with Crippen molar-refractivity contribution >= 4 is 22.6 Å². The molecule has 0 fully saturated rings. The first kappa shape index (κ1) is 14.8. The molecule has 0 saturated carbocycles. The van der Waals surface area contributed by atoms with Crippen LogP contribution in [-0.2, 0) is 13.0 Å². The van der Waals surface area contributed by atoms with Crippen molar-refractivity contribution < 1.29 is 13.2 Å². The molecule has 0 bridgehead atoms. The lowest BCUT2D eigenvalue weighted by Gasteiger charge is -2.26. The fourth-order valence-electron chi connectivity index (χ4n) is 2.68. The van der Waals surface area contributed by atoms with Crippen LogP contribution in [0.4, 0.5) is 13.2 Å². The molecule has 1 aromatic carbocycles. The summed E-state index contributed by atoms with van der Waals surface area (Å²) in [6, 6.07) is 1.64. The van der Waals surface area contributed by atoms with Crippen molar-refractivity contribution in [3.63, 3.8) is 0 Å². The molecule has 0 amide bonds.